The van der Waals surface area contributed by atoms with Crippen molar-refractivity contribution in [3.05, 3.63) is 13.9 Å². The summed E-state index contributed by atoms with van der Waals surface area (Å²) in [6.07, 6.45) is -2.94. The minimum Gasteiger partial charge on any atom is -0.388 e. The standard InChI is InChI=1S/C11H16IN3O5S/c1-15-10(19)5(12)8(14-11(15)21-2)13-9-7(18)6(17)4(16)3-20-9/h4,6-7,9,13,16-18H,3H2,1-2H3. The molecule has 4 atom stereocenters. The third-order valence-corrected chi connectivity index (χ3v) is 4.86. The highest BCUT2D eigenvalue weighted by molar-refractivity contribution is 14.1. The van der Waals surface area contributed by atoms with E-state index in [0.29, 0.717) is 8.73 Å². The summed E-state index contributed by atoms with van der Waals surface area (Å²) in [4.78, 5) is 16.4. The van der Waals surface area contributed by atoms with Crippen LogP contribution < -0.4 is 10.9 Å². The molecule has 0 spiro atoms. The van der Waals surface area contributed by atoms with Gasteiger partial charge in [0.2, 0.25) is 0 Å². The zero-order valence-electron chi connectivity index (χ0n) is 11.4. The zero-order valence-corrected chi connectivity index (χ0v) is 14.3. The summed E-state index contributed by atoms with van der Waals surface area (Å²) >= 11 is 3.17. The summed E-state index contributed by atoms with van der Waals surface area (Å²) in [6.45, 7) is -0.118. The van der Waals surface area contributed by atoms with Gasteiger partial charge in [-0.2, -0.15) is 0 Å². The van der Waals surface area contributed by atoms with Gasteiger partial charge in [-0.1, -0.05) is 11.8 Å². The van der Waals surface area contributed by atoms with Crippen LogP contribution in [0.4, 0.5) is 5.82 Å². The van der Waals surface area contributed by atoms with Gasteiger partial charge in [0, 0.05) is 7.05 Å². The topological polar surface area (TPSA) is 117 Å². The Morgan fingerprint density at radius 2 is 2.10 bits per heavy atom. The number of anilines is 1. The lowest BCUT2D eigenvalue weighted by atomic mass is 10.0. The number of aromatic nitrogens is 2. The van der Waals surface area contributed by atoms with Crippen LogP contribution in [0.2, 0.25) is 0 Å². The quantitative estimate of drug-likeness (QED) is 0.274. The van der Waals surface area contributed by atoms with Crippen LogP contribution in [0, 0.1) is 3.57 Å². The molecule has 0 bridgehead atoms. The summed E-state index contributed by atoms with van der Waals surface area (Å²) in [5.41, 5.74) is -0.219. The van der Waals surface area contributed by atoms with Gasteiger partial charge in [-0.3, -0.25) is 9.36 Å². The number of aliphatic hydroxyl groups is 3. The molecule has 1 aromatic rings. The summed E-state index contributed by atoms with van der Waals surface area (Å²) in [7, 11) is 1.62. The highest BCUT2D eigenvalue weighted by Gasteiger charge is 2.38. The van der Waals surface area contributed by atoms with Crippen LogP contribution >= 0.6 is 34.4 Å². The van der Waals surface area contributed by atoms with Gasteiger partial charge in [0.25, 0.3) is 5.56 Å². The molecule has 1 fully saturated rings. The van der Waals surface area contributed by atoms with E-state index in [0.717, 1.165) is 0 Å². The molecule has 1 aliphatic rings. The SMILES string of the molecule is CSc1nc(NC2OCC(O)C(O)C2O)c(I)c(=O)n1C. The van der Waals surface area contributed by atoms with Crippen molar-refractivity contribution in [3.8, 4) is 0 Å². The van der Waals surface area contributed by atoms with Gasteiger partial charge in [0.1, 0.15) is 27.7 Å². The Morgan fingerprint density at radius 3 is 2.71 bits per heavy atom. The van der Waals surface area contributed by atoms with Crippen LogP contribution in [0.3, 0.4) is 0 Å². The molecule has 0 radical (unpaired) electrons. The van der Waals surface area contributed by atoms with Crippen molar-refractivity contribution in [3.63, 3.8) is 0 Å². The predicted octanol–water partition coefficient (Wildman–Crippen LogP) is -1.04. The van der Waals surface area contributed by atoms with Crippen molar-refractivity contribution >= 4 is 40.2 Å². The second kappa shape index (κ2) is 6.79. The molecular formula is C11H16IN3O5S. The molecule has 8 nitrogen and oxygen atoms in total. The number of halogens is 1. The molecule has 4 N–H and O–H groups in total. The Hall–Kier alpha value is -0.400. The predicted molar refractivity (Wildman–Crippen MR) is 85.4 cm³/mol. The van der Waals surface area contributed by atoms with Crippen molar-refractivity contribution in [2.24, 2.45) is 7.05 Å². The summed E-state index contributed by atoms with van der Waals surface area (Å²) < 4.78 is 7.02. The minimum atomic E-state index is -1.33. The van der Waals surface area contributed by atoms with E-state index in [1.54, 1.807) is 13.3 Å². The van der Waals surface area contributed by atoms with E-state index in [4.69, 9.17) is 4.74 Å². The minimum absolute atomic E-state index is 0.118. The molecule has 10 heteroatoms. The molecule has 1 saturated heterocycles. The molecule has 0 saturated carbocycles. The second-order valence-corrected chi connectivity index (χ2v) is 6.42. The maximum absolute atomic E-state index is 12.1. The highest BCUT2D eigenvalue weighted by atomic mass is 127. The Bertz CT molecular complexity index is 584. The number of rotatable bonds is 3. The average molecular weight is 429 g/mol. The monoisotopic (exact) mass is 429 g/mol. The summed E-state index contributed by atoms with van der Waals surface area (Å²) in [6, 6.07) is 0. The van der Waals surface area contributed by atoms with Gasteiger partial charge in [-0.05, 0) is 28.8 Å². The molecule has 2 rings (SSSR count). The van der Waals surface area contributed by atoms with Crippen molar-refractivity contribution < 1.29 is 20.1 Å². The fourth-order valence-electron chi connectivity index (χ4n) is 1.90. The van der Waals surface area contributed by atoms with Gasteiger partial charge in [-0.15, -0.1) is 0 Å². The summed E-state index contributed by atoms with van der Waals surface area (Å²) in [5.74, 6) is 0.274. The van der Waals surface area contributed by atoms with E-state index in [1.807, 2.05) is 22.6 Å². The number of hydrogen-bond acceptors (Lipinski definition) is 8. The van der Waals surface area contributed by atoms with E-state index >= 15 is 0 Å². The molecule has 1 aromatic heterocycles. The molecule has 0 aliphatic carbocycles. The normalized spacial score (nSPS) is 29.4. The van der Waals surface area contributed by atoms with E-state index < -0.39 is 24.5 Å². The smallest absolute Gasteiger partial charge is 0.269 e. The molecule has 21 heavy (non-hydrogen) atoms. The van der Waals surface area contributed by atoms with Crippen LogP contribution in [-0.4, -0.2) is 62.3 Å². The Balaban J connectivity index is 2.28. The first-order chi connectivity index (χ1) is 9.86. The number of ether oxygens (including phenoxy) is 1. The second-order valence-electron chi connectivity index (χ2n) is 4.57. The van der Waals surface area contributed by atoms with E-state index in [-0.39, 0.29) is 18.0 Å². The van der Waals surface area contributed by atoms with Crippen LogP contribution in [0.15, 0.2) is 9.95 Å². The van der Waals surface area contributed by atoms with Crippen LogP contribution in [0.25, 0.3) is 0 Å². The largest absolute Gasteiger partial charge is 0.388 e. The molecule has 2 heterocycles. The Morgan fingerprint density at radius 1 is 1.43 bits per heavy atom. The maximum atomic E-state index is 12.1. The van der Waals surface area contributed by atoms with E-state index in [9.17, 15) is 20.1 Å². The van der Waals surface area contributed by atoms with Gasteiger partial charge in [0.05, 0.1) is 6.61 Å². The lowest BCUT2D eigenvalue weighted by Crippen LogP contribution is -2.55. The average Bonchev–Trinajstić information content (AvgIpc) is 2.48. The number of nitrogens with zero attached hydrogens (tertiary/aromatic N) is 2. The summed E-state index contributed by atoms with van der Waals surface area (Å²) in [5, 5.41) is 32.3. The van der Waals surface area contributed by atoms with Gasteiger partial charge >= 0.3 is 0 Å². The number of thioether (sulfide) groups is 1. The number of aliphatic hydroxyl groups excluding tert-OH is 3. The molecule has 0 aromatic carbocycles. The van der Waals surface area contributed by atoms with E-state index in [2.05, 4.69) is 10.3 Å². The van der Waals surface area contributed by atoms with Crippen molar-refractivity contribution in [2.75, 3.05) is 18.2 Å². The van der Waals surface area contributed by atoms with E-state index in [1.165, 1.54) is 16.3 Å². The first-order valence-corrected chi connectivity index (χ1v) is 8.40. The van der Waals surface area contributed by atoms with Gasteiger partial charge in [0.15, 0.2) is 11.4 Å². The van der Waals surface area contributed by atoms with Crippen LogP contribution in [-0.2, 0) is 11.8 Å². The third kappa shape index (κ3) is 3.35. The number of nitrogens with one attached hydrogen (secondary N) is 1. The molecule has 1 aliphatic heterocycles. The maximum Gasteiger partial charge on any atom is 0.269 e. The molecule has 4 unspecified atom stereocenters. The molecule has 0 amide bonds. The fourth-order valence-corrected chi connectivity index (χ4v) is 3.08. The fraction of sp³-hybridized carbons (Fsp3) is 0.636. The van der Waals surface area contributed by atoms with Crippen LogP contribution in [0.1, 0.15) is 0 Å². The van der Waals surface area contributed by atoms with Crippen molar-refractivity contribution in [1.29, 1.82) is 0 Å². The Kier molecular flexibility index (Phi) is 5.48. The molecular weight excluding hydrogens is 413 g/mol. The van der Waals surface area contributed by atoms with Crippen molar-refractivity contribution in [2.45, 2.75) is 29.7 Å². The lowest BCUT2D eigenvalue weighted by Gasteiger charge is -2.35. The first kappa shape index (κ1) is 17.0. The van der Waals surface area contributed by atoms with Crippen LogP contribution in [0.5, 0.6) is 0 Å². The van der Waals surface area contributed by atoms with Crippen molar-refractivity contribution in [1.82, 2.24) is 9.55 Å². The van der Waals surface area contributed by atoms with Gasteiger partial charge < -0.3 is 25.4 Å². The Labute approximate surface area is 138 Å². The first-order valence-electron chi connectivity index (χ1n) is 6.09. The molecule has 118 valence electrons. The van der Waals surface area contributed by atoms with Gasteiger partial charge in [-0.25, -0.2) is 4.98 Å². The highest BCUT2D eigenvalue weighted by Crippen LogP contribution is 2.21. The third-order valence-electron chi connectivity index (χ3n) is 3.16. The lowest BCUT2D eigenvalue weighted by molar-refractivity contribution is -0.178. The zero-order chi connectivity index (χ0) is 15.7. The number of hydrogen-bond donors (Lipinski definition) is 4.